The quantitative estimate of drug-likeness (QED) is 0.850. The van der Waals surface area contributed by atoms with Crippen LogP contribution in [0.3, 0.4) is 0 Å². The highest BCUT2D eigenvalue weighted by Gasteiger charge is 2.36. The first-order chi connectivity index (χ1) is 10.8. The fraction of sp³-hybridized carbons (Fsp3) is 0.429. The molecule has 0 aliphatic carbocycles. The fourth-order valence-corrected chi connectivity index (χ4v) is 2.52. The Bertz CT molecular complexity index is 543. The molecule has 0 unspecified atom stereocenters. The molecule has 2 aromatic rings. The first kappa shape index (κ1) is 17.7. The van der Waals surface area contributed by atoms with Crippen molar-refractivity contribution in [3.8, 4) is 0 Å². The van der Waals surface area contributed by atoms with Crippen molar-refractivity contribution in [2.45, 2.75) is 46.4 Å². The maximum absolute atomic E-state index is 10.9. The zero-order chi connectivity index (χ0) is 16.9. The van der Waals surface area contributed by atoms with E-state index in [4.69, 9.17) is 0 Å². The number of nitrogens with zero attached hydrogens (tertiary/aromatic N) is 1. The summed E-state index contributed by atoms with van der Waals surface area (Å²) < 4.78 is 0. The van der Waals surface area contributed by atoms with E-state index < -0.39 is 5.60 Å². The summed E-state index contributed by atoms with van der Waals surface area (Å²) >= 11 is 0. The molecule has 0 spiro atoms. The van der Waals surface area contributed by atoms with Crippen LogP contribution in [0.4, 0.5) is 0 Å². The van der Waals surface area contributed by atoms with Crippen LogP contribution in [0.5, 0.6) is 0 Å². The van der Waals surface area contributed by atoms with Crippen molar-refractivity contribution in [2.75, 3.05) is 6.54 Å². The molecule has 23 heavy (non-hydrogen) atoms. The maximum atomic E-state index is 10.9. The molecule has 0 bridgehead atoms. The van der Waals surface area contributed by atoms with Gasteiger partial charge < -0.3 is 5.11 Å². The van der Waals surface area contributed by atoms with Gasteiger partial charge in [0.2, 0.25) is 0 Å². The lowest BCUT2D eigenvalue weighted by atomic mass is 9.77. The standard InChI is InChI=1S/C21H29NO/c1-20(2,3)21(4,23)17-22(15-18-11-7-5-8-12-18)16-19-13-9-6-10-14-19/h5-14,23H,15-17H2,1-4H3/t21-/m1/s1. The summed E-state index contributed by atoms with van der Waals surface area (Å²) in [5.74, 6) is 0. The molecule has 0 saturated carbocycles. The molecule has 2 aromatic carbocycles. The monoisotopic (exact) mass is 311 g/mol. The molecule has 0 aliphatic heterocycles. The third-order valence-corrected chi connectivity index (χ3v) is 4.65. The van der Waals surface area contributed by atoms with Gasteiger partial charge in [0.15, 0.2) is 0 Å². The predicted octanol–water partition coefficient (Wildman–Crippen LogP) is 4.49. The number of rotatable bonds is 6. The molecule has 1 N–H and O–H groups in total. The number of aliphatic hydroxyl groups is 1. The normalized spacial score (nSPS) is 14.7. The molecule has 0 aromatic heterocycles. The van der Waals surface area contributed by atoms with Crippen LogP contribution in [0.1, 0.15) is 38.8 Å². The van der Waals surface area contributed by atoms with Crippen LogP contribution in [0.2, 0.25) is 0 Å². The van der Waals surface area contributed by atoms with Crippen molar-refractivity contribution < 1.29 is 5.11 Å². The SMILES string of the molecule is CC(C)(C)[C@](C)(O)CN(Cc1ccccc1)Cc1ccccc1. The van der Waals surface area contributed by atoms with E-state index in [1.807, 2.05) is 19.1 Å². The summed E-state index contributed by atoms with van der Waals surface area (Å²) in [6, 6.07) is 20.9. The smallest absolute Gasteiger partial charge is 0.0794 e. The van der Waals surface area contributed by atoms with Gasteiger partial charge in [-0.3, -0.25) is 4.90 Å². The Labute approximate surface area is 140 Å². The van der Waals surface area contributed by atoms with Gasteiger partial charge in [0.05, 0.1) is 5.60 Å². The topological polar surface area (TPSA) is 23.5 Å². The van der Waals surface area contributed by atoms with E-state index in [0.717, 1.165) is 13.1 Å². The van der Waals surface area contributed by atoms with E-state index in [9.17, 15) is 5.11 Å². The Kier molecular flexibility index (Phi) is 5.61. The molecule has 1 atom stereocenters. The van der Waals surface area contributed by atoms with Crippen LogP contribution in [-0.4, -0.2) is 22.2 Å². The lowest BCUT2D eigenvalue weighted by Gasteiger charge is -2.41. The largest absolute Gasteiger partial charge is 0.388 e. The van der Waals surface area contributed by atoms with Gasteiger partial charge in [-0.05, 0) is 23.5 Å². The van der Waals surface area contributed by atoms with E-state index in [2.05, 4.69) is 74.2 Å². The number of hydrogen-bond acceptors (Lipinski definition) is 2. The fourth-order valence-electron chi connectivity index (χ4n) is 2.52. The summed E-state index contributed by atoms with van der Waals surface area (Å²) in [6.45, 7) is 10.5. The van der Waals surface area contributed by atoms with Gasteiger partial charge in [-0.25, -0.2) is 0 Å². The Hall–Kier alpha value is -1.64. The van der Waals surface area contributed by atoms with E-state index in [1.165, 1.54) is 11.1 Å². The van der Waals surface area contributed by atoms with Crippen molar-refractivity contribution in [2.24, 2.45) is 5.41 Å². The Balaban J connectivity index is 2.17. The summed E-state index contributed by atoms with van der Waals surface area (Å²) in [5.41, 5.74) is 1.62. The second kappa shape index (κ2) is 7.29. The second-order valence-electron chi connectivity index (χ2n) is 7.64. The number of hydrogen-bond donors (Lipinski definition) is 1. The van der Waals surface area contributed by atoms with Crippen molar-refractivity contribution in [3.63, 3.8) is 0 Å². The third-order valence-electron chi connectivity index (χ3n) is 4.65. The minimum absolute atomic E-state index is 0.168. The summed E-state index contributed by atoms with van der Waals surface area (Å²) in [4.78, 5) is 2.33. The summed E-state index contributed by atoms with van der Waals surface area (Å²) in [7, 11) is 0. The van der Waals surface area contributed by atoms with Gasteiger partial charge in [0.1, 0.15) is 0 Å². The van der Waals surface area contributed by atoms with Crippen LogP contribution in [0, 0.1) is 5.41 Å². The van der Waals surface area contributed by atoms with E-state index in [-0.39, 0.29) is 5.41 Å². The highest BCUT2D eigenvalue weighted by molar-refractivity contribution is 5.17. The van der Waals surface area contributed by atoms with E-state index in [0.29, 0.717) is 6.54 Å². The molecular weight excluding hydrogens is 282 g/mol. The van der Waals surface area contributed by atoms with Crippen molar-refractivity contribution >= 4 is 0 Å². The van der Waals surface area contributed by atoms with Gasteiger partial charge in [0, 0.05) is 19.6 Å². The molecule has 0 radical (unpaired) electrons. The van der Waals surface area contributed by atoms with Crippen molar-refractivity contribution in [3.05, 3.63) is 71.8 Å². The van der Waals surface area contributed by atoms with Crippen LogP contribution < -0.4 is 0 Å². The van der Waals surface area contributed by atoms with Crippen LogP contribution >= 0.6 is 0 Å². The molecule has 2 rings (SSSR count). The van der Waals surface area contributed by atoms with Crippen molar-refractivity contribution in [1.29, 1.82) is 0 Å². The van der Waals surface area contributed by atoms with Crippen LogP contribution in [0.15, 0.2) is 60.7 Å². The molecule has 2 nitrogen and oxygen atoms in total. The maximum Gasteiger partial charge on any atom is 0.0794 e. The first-order valence-corrected chi connectivity index (χ1v) is 8.30. The van der Waals surface area contributed by atoms with E-state index in [1.54, 1.807) is 0 Å². The highest BCUT2D eigenvalue weighted by Crippen LogP contribution is 2.31. The Morgan fingerprint density at radius 1 is 0.739 bits per heavy atom. The van der Waals surface area contributed by atoms with Gasteiger partial charge in [-0.15, -0.1) is 0 Å². The second-order valence-corrected chi connectivity index (χ2v) is 7.64. The van der Waals surface area contributed by atoms with Gasteiger partial charge in [-0.2, -0.15) is 0 Å². The first-order valence-electron chi connectivity index (χ1n) is 8.30. The zero-order valence-corrected chi connectivity index (χ0v) is 14.8. The molecule has 0 aliphatic rings. The summed E-state index contributed by atoms with van der Waals surface area (Å²) in [6.07, 6.45) is 0. The molecular formula is C21H29NO. The minimum atomic E-state index is -0.753. The van der Waals surface area contributed by atoms with Crippen LogP contribution in [-0.2, 0) is 13.1 Å². The molecule has 124 valence electrons. The van der Waals surface area contributed by atoms with E-state index >= 15 is 0 Å². The minimum Gasteiger partial charge on any atom is -0.388 e. The average molecular weight is 311 g/mol. The molecule has 0 fully saturated rings. The predicted molar refractivity (Wildman–Crippen MR) is 97.1 cm³/mol. The molecule has 0 amide bonds. The zero-order valence-electron chi connectivity index (χ0n) is 14.8. The highest BCUT2D eigenvalue weighted by atomic mass is 16.3. The van der Waals surface area contributed by atoms with Crippen LogP contribution in [0.25, 0.3) is 0 Å². The third kappa shape index (κ3) is 5.19. The lowest BCUT2D eigenvalue weighted by molar-refractivity contribution is -0.0683. The molecule has 2 heteroatoms. The average Bonchev–Trinajstić information content (AvgIpc) is 2.47. The molecule has 0 heterocycles. The Morgan fingerprint density at radius 2 is 1.13 bits per heavy atom. The van der Waals surface area contributed by atoms with Crippen molar-refractivity contribution in [1.82, 2.24) is 4.90 Å². The van der Waals surface area contributed by atoms with Gasteiger partial charge in [-0.1, -0.05) is 81.4 Å². The van der Waals surface area contributed by atoms with Gasteiger partial charge >= 0.3 is 0 Å². The lowest BCUT2D eigenvalue weighted by Crippen LogP contribution is -2.49. The van der Waals surface area contributed by atoms with Gasteiger partial charge in [0.25, 0.3) is 0 Å². The molecule has 0 saturated heterocycles. The summed E-state index contributed by atoms with van der Waals surface area (Å²) in [5, 5.41) is 10.9. The Morgan fingerprint density at radius 3 is 1.48 bits per heavy atom. The number of benzene rings is 2.